The van der Waals surface area contributed by atoms with Crippen LogP contribution in [0.2, 0.25) is 0 Å². The first-order valence-electron chi connectivity index (χ1n) is 14.2. The fraction of sp³-hybridized carbons (Fsp3) is 0.607. The Bertz CT molecular complexity index is 1380. The molecule has 41 heavy (non-hydrogen) atoms. The lowest BCUT2D eigenvalue weighted by Gasteiger charge is -2.22. The SMILES string of the molecule is CCOC[C@@H](C)Nc1nc(C)c(-c2nc3c(C)nccc3s2)c(NC2C[C@H](C(O)C(=O)NCC3CC3)[C@@H](O)[C@H]2O)n1. The Balaban J connectivity index is 1.43. The highest BCUT2D eigenvalue weighted by Gasteiger charge is 2.47. The van der Waals surface area contributed by atoms with E-state index in [4.69, 9.17) is 19.7 Å². The van der Waals surface area contributed by atoms with Crippen molar-refractivity contribution in [1.82, 2.24) is 25.3 Å². The molecule has 0 spiro atoms. The molecule has 222 valence electrons. The number of ether oxygens (including phenoxy) is 1. The number of rotatable bonds is 12. The lowest BCUT2D eigenvalue weighted by molar-refractivity contribution is -0.135. The van der Waals surface area contributed by atoms with Crippen LogP contribution in [0.5, 0.6) is 0 Å². The number of thiazole rings is 1. The summed E-state index contributed by atoms with van der Waals surface area (Å²) in [5.74, 6) is -0.101. The Morgan fingerprint density at radius 3 is 2.66 bits per heavy atom. The van der Waals surface area contributed by atoms with E-state index in [2.05, 4.69) is 20.9 Å². The number of aromatic nitrogens is 4. The van der Waals surface area contributed by atoms with E-state index in [-0.39, 0.29) is 12.5 Å². The smallest absolute Gasteiger partial charge is 0.249 e. The maximum absolute atomic E-state index is 12.6. The number of aliphatic hydroxyl groups excluding tert-OH is 3. The molecule has 1 amide bonds. The van der Waals surface area contributed by atoms with Crippen molar-refractivity contribution in [3.63, 3.8) is 0 Å². The molecule has 5 rings (SSSR count). The third-order valence-corrected chi connectivity index (χ3v) is 8.76. The number of anilines is 2. The van der Waals surface area contributed by atoms with E-state index in [1.165, 1.54) is 11.3 Å². The average molecular weight is 586 g/mol. The lowest BCUT2D eigenvalue weighted by Crippen LogP contribution is -2.44. The van der Waals surface area contributed by atoms with Crippen LogP contribution in [0.1, 0.15) is 44.5 Å². The van der Waals surface area contributed by atoms with Crippen LogP contribution in [0, 0.1) is 25.7 Å². The monoisotopic (exact) mass is 585 g/mol. The van der Waals surface area contributed by atoms with Crippen LogP contribution < -0.4 is 16.0 Å². The molecule has 2 fully saturated rings. The number of aryl methyl sites for hydroxylation is 2. The summed E-state index contributed by atoms with van der Waals surface area (Å²) in [6, 6.07) is 1.17. The second-order valence-corrected chi connectivity index (χ2v) is 12.1. The van der Waals surface area contributed by atoms with E-state index >= 15 is 0 Å². The summed E-state index contributed by atoms with van der Waals surface area (Å²) >= 11 is 1.49. The Hall–Kier alpha value is -2.97. The zero-order chi connectivity index (χ0) is 29.3. The first-order valence-corrected chi connectivity index (χ1v) is 15.0. The minimum atomic E-state index is -1.44. The summed E-state index contributed by atoms with van der Waals surface area (Å²) in [7, 11) is 0. The summed E-state index contributed by atoms with van der Waals surface area (Å²) in [5, 5.41) is 42.6. The molecule has 12 nitrogen and oxygen atoms in total. The molecule has 2 saturated carbocycles. The number of nitrogens with one attached hydrogen (secondary N) is 3. The maximum Gasteiger partial charge on any atom is 0.249 e. The second-order valence-electron chi connectivity index (χ2n) is 11.1. The topological polar surface area (TPSA) is 175 Å². The van der Waals surface area contributed by atoms with E-state index in [1.54, 1.807) is 6.20 Å². The van der Waals surface area contributed by atoms with Gasteiger partial charge in [0.25, 0.3) is 0 Å². The fourth-order valence-electron chi connectivity index (χ4n) is 5.21. The van der Waals surface area contributed by atoms with Crippen molar-refractivity contribution in [2.45, 2.75) is 77.4 Å². The molecule has 13 heteroatoms. The highest BCUT2D eigenvalue weighted by Crippen LogP contribution is 2.39. The predicted octanol–water partition coefficient (Wildman–Crippen LogP) is 2.01. The van der Waals surface area contributed by atoms with Gasteiger partial charge in [-0.25, -0.2) is 9.97 Å². The van der Waals surface area contributed by atoms with Gasteiger partial charge in [0, 0.05) is 31.3 Å². The van der Waals surface area contributed by atoms with Gasteiger partial charge < -0.3 is 36.0 Å². The second kappa shape index (κ2) is 12.5. The Labute approximate surface area is 243 Å². The van der Waals surface area contributed by atoms with Crippen molar-refractivity contribution in [3.05, 3.63) is 23.7 Å². The molecule has 2 aliphatic carbocycles. The quantitative estimate of drug-likeness (QED) is 0.183. The lowest BCUT2D eigenvalue weighted by atomic mass is 9.97. The normalized spacial score (nSPS) is 23.9. The summed E-state index contributed by atoms with van der Waals surface area (Å²) in [6.07, 6.45) is 0.0876. The number of amides is 1. The molecule has 0 radical (unpaired) electrons. The Morgan fingerprint density at radius 2 is 1.95 bits per heavy atom. The van der Waals surface area contributed by atoms with Crippen LogP contribution >= 0.6 is 11.3 Å². The van der Waals surface area contributed by atoms with E-state index in [0.717, 1.165) is 28.8 Å². The number of fused-ring (bicyclic) bond motifs is 1. The minimum absolute atomic E-state index is 0.0585. The van der Waals surface area contributed by atoms with Gasteiger partial charge in [-0.2, -0.15) is 4.98 Å². The van der Waals surface area contributed by atoms with E-state index < -0.39 is 36.2 Å². The van der Waals surface area contributed by atoms with Crippen LogP contribution in [0.4, 0.5) is 11.8 Å². The van der Waals surface area contributed by atoms with E-state index in [9.17, 15) is 20.1 Å². The molecule has 0 saturated heterocycles. The molecule has 0 aromatic carbocycles. The molecule has 6 atom stereocenters. The van der Waals surface area contributed by atoms with Gasteiger partial charge in [0.1, 0.15) is 28.6 Å². The summed E-state index contributed by atoms with van der Waals surface area (Å²) in [5.41, 5.74) is 2.94. The highest BCUT2D eigenvalue weighted by atomic mass is 32.1. The third kappa shape index (κ3) is 6.59. The number of aliphatic hydroxyl groups is 3. The predicted molar refractivity (Wildman–Crippen MR) is 157 cm³/mol. The standard InChI is InChI=1S/C28H39N7O5S/c1-5-40-12-13(2)31-28-32-14(3)20(27-34-21-15(4)29-9-8-19(21)41-27)25(35-28)33-18-10-17(22(36)24(18)38)23(37)26(39)30-11-16-6-7-16/h8-9,13,16-18,22-24,36-38H,5-7,10-12H2,1-4H3,(H,30,39)(H2,31,32,33,35)/t13-,17+,18?,22-,23?,24+/m1/s1. The van der Waals surface area contributed by atoms with Gasteiger partial charge in [-0.1, -0.05) is 0 Å². The molecule has 2 unspecified atom stereocenters. The first kappa shape index (κ1) is 29.5. The van der Waals surface area contributed by atoms with Crippen molar-refractivity contribution < 1.29 is 24.9 Å². The maximum atomic E-state index is 12.6. The largest absolute Gasteiger partial charge is 0.390 e. The summed E-state index contributed by atoms with van der Waals surface area (Å²) in [4.78, 5) is 31.2. The van der Waals surface area contributed by atoms with Gasteiger partial charge in [-0.05, 0) is 58.9 Å². The molecule has 3 heterocycles. The minimum Gasteiger partial charge on any atom is -0.390 e. The zero-order valence-corrected chi connectivity index (χ0v) is 24.6. The number of pyridine rings is 1. The van der Waals surface area contributed by atoms with Gasteiger partial charge in [0.05, 0.1) is 40.4 Å². The van der Waals surface area contributed by atoms with Gasteiger partial charge >= 0.3 is 0 Å². The van der Waals surface area contributed by atoms with E-state index in [1.807, 2.05) is 33.8 Å². The number of carbonyl (C=O) groups is 1. The fourth-order valence-corrected chi connectivity index (χ4v) is 6.32. The van der Waals surface area contributed by atoms with Gasteiger partial charge in [0.15, 0.2) is 0 Å². The zero-order valence-electron chi connectivity index (χ0n) is 23.8. The molecule has 2 aliphatic rings. The van der Waals surface area contributed by atoms with Gasteiger partial charge in [-0.15, -0.1) is 11.3 Å². The third-order valence-electron chi connectivity index (χ3n) is 7.73. The molecule has 6 N–H and O–H groups in total. The van der Waals surface area contributed by atoms with E-state index in [0.29, 0.717) is 53.7 Å². The number of nitrogens with zero attached hydrogens (tertiary/aromatic N) is 4. The first-order chi connectivity index (χ1) is 19.7. The van der Waals surface area contributed by atoms with Crippen molar-refractivity contribution in [2.75, 3.05) is 30.4 Å². The number of carbonyl (C=O) groups excluding carboxylic acids is 1. The average Bonchev–Trinajstić information content (AvgIpc) is 3.61. The summed E-state index contributed by atoms with van der Waals surface area (Å²) < 4.78 is 6.50. The molecular formula is C28H39N7O5S. The van der Waals surface area contributed by atoms with Crippen LogP contribution in [-0.4, -0.2) is 91.3 Å². The van der Waals surface area contributed by atoms with Crippen LogP contribution in [0.25, 0.3) is 20.8 Å². The van der Waals surface area contributed by atoms with Gasteiger partial charge in [0.2, 0.25) is 11.9 Å². The van der Waals surface area contributed by atoms with Crippen LogP contribution in [0.15, 0.2) is 12.3 Å². The Morgan fingerprint density at radius 1 is 1.17 bits per heavy atom. The Kier molecular flexibility index (Phi) is 9.00. The highest BCUT2D eigenvalue weighted by molar-refractivity contribution is 7.21. The van der Waals surface area contributed by atoms with Crippen molar-refractivity contribution in [1.29, 1.82) is 0 Å². The summed E-state index contributed by atoms with van der Waals surface area (Å²) in [6.45, 7) is 9.26. The number of hydrogen-bond donors (Lipinski definition) is 6. The van der Waals surface area contributed by atoms with Crippen molar-refractivity contribution >= 4 is 39.2 Å². The van der Waals surface area contributed by atoms with Crippen molar-refractivity contribution in [2.24, 2.45) is 11.8 Å². The van der Waals surface area contributed by atoms with Crippen molar-refractivity contribution in [3.8, 4) is 10.6 Å². The van der Waals surface area contributed by atoms with Gasteiger partial charge in [-0.3, -0.25) is 9.78 Å². The molecule has 0 bridgehead atoms. The van der Waals surface area contributed by atoms with Crippen LogP contribution in [0.3, 0.4) is 0 Å². The molecule has 3 aromatic heterocycles. The molecule has 3 aromatic rings. The van der Waals surface area contributed by atoms with Crippen LogP contribution in [-0.2, 0) is 9.53 Å². The molecule has 0 aliphatic heterocycles. The number of hydrogen-bond acceptors (Lipinski definition) is 12. The molecular weight excluding hydrogens is 546 g/mol.